The molecule has 0 aliphatic rings. The molecule has 0 spiro atoms. The number of ether oxygens (including phenoxy) is 2. The van der Waals surface area contributed by atoms with Crippen LogP contribution in [0, 0.1) is 0 Å². The zero-order chi connectivity index (χ0) is 18.5. The van der Waals surface area contributed by atoms with E-state index in [1.165, 1.54) is 0 Å². The fourth-order valence-electron chi connectivity index (χ4n) is 2.76. The summed E-state index contributed by atoms with van der Waals surface area (Å²) in [5.41, 5.74) is 9.60. The summed E-state index contributed by atoms with van der Waals surface area (Å²) in [7, 11) is 3.52. The molecular formula is C20H21N3O3. The summed E-state index contributed by atoms with van der Waals surface area (Å²) >= 11 is 0. The lowest BCUT2D eigenvalue weighted by Crippen LogP contribution is -2.10. The SMILES string of the molecule is COCCOc1ccc(-c2cccc(C(N)=O)c2)cc1-c1ccnn1C. The molecule has 1 amide bonds. The van der Waals surface area contributed by atoms with E-state index in [4.69, 9.17) is 15.2 Å². The van der Waals surface area contributed by atoms with E-state index >= 15 is 0 Å². The topological polar surface area (TPSA) is 79.4 Å². The molecule has 0 saturated heterocycles. The number of hydrogen-bond donors (Lipinski definition) is 1. The first-order chi connectivity index (χ1) is 12.6. The summed E-state index contributed by atoms with van der Waals surface area (Å²) in [4.78, 5) is 11.5. The van der Waals surface area contributed by atoms with E-state index in [0.29, 0.717) is 18.8 Å². The van der Waals surface area contributed by atoms with Crippen LogP contribution in [0.25, 0.3) is 22.4 Å². The Bertz CT molecular complexity index is 918. The molecule has 1 aromatic heterocycles. The predicted molar refractivity (Wildman–Crippen MR) is 100.0 cm³/mol. The summed E-state index contributed by atoms with van der Waals surface area (Å²) in [6, 6.07) is 15.1. The average Bonchev–Trinajstić information content (AvgIpc) is 3.08. The van der Waals surface area contributed by atoms with Gasteiger partial charge < -0.3 is 15.2 Å². The monoisotopic (exact) mass is 351 g/mol. The number of nitrogens with two attached hydrogens (primary N) is 1. The maximum atomic E-state index is 11.5. The molecule has 2 aromatic carbocycles. The van der Waals surface area contributed by atoms with Crippen LogP contribution in [0.2, 0.25) is 0 Å². The number of carbonyl (C=O) groups is 1. The molecule has 3 rings (SSSR count). The van der Waals surface area contributed by atoms with Crippen LogP contribution in [0.3, 0.4) is 0 Å². The zero-order valence-corrected chi connectivity index (χ0v) is 14.8. The van der Waals surface area contributed by atoms with Crippen molar-refractivity contribution in [1.82, 2.24) is 9.78 Å². The van der Waals surface area contributed by atoms with Gasteiger partial charge in [-0.2, -0.15) is 5.10 Å². The van der Waals surface area contributed by atoms with Gasteiger partial charge in [-0.25, -0.2) is 0 Å². The maximum absolute atomic E-state index is 11.5. The highest BCUT2D eigenvalue weighted by Gasteiger charge is 2.13. The van der Waals surface area contributed by atoms with Crippen LogP contribution in [0.1, 0.15) is 10.4 Å². The van der Waals surface area contributed by atoms with Gasteiger partial charge in [0.05, 0.1) is 12.3 Å². The highest BCUT2D eigenvalue weighted by molar-refractivity contribution is 5.94. The lowest BCUT2D eigenvalue weighted by Gasteiger charge is -2.14. The first-order valence-electron chi connectivity index (χ1n) is 8.24. The van der Waals surface area contributed by atoms with Gasteiger partial charge in [-0.05, 0) is 41.5 Å². The third-order valence-electron chi connectivity index (χ3n) is 4.10. The average molecular weight is 351 g/mol. The van der Waals surface area contributed by atoms with Crippen LogP contribution in [0.15, 0.2) is 54.7 Å². The van der Waals surface area contributed by atoms with E-state index in [9.17, 15) is 4.79 Å². The van der Waals surface area contributed by atoms with E-state index < -0.39 is 5.91 Å². The lowest BCUT2D eigenvalue weighted by molar-refractivity contribution is 0.100. The number of benzene rings is 2. The molecule has 3 aromatic rings. The number of rotatable bonds is 7. The van der Waals surface area contributed by atoms with Gasteiger partial charge in [-0.15, -0.1) is 0 Å². The van der Waals surface area contributed by atoms with E-state index in [1.807, 2.05) is 43.4 Å². The number of amides is 1. The Morgan fingerprint density at radius 1 is 1.12 bits per heavy atom. The number of aromatic nitrogens is 2. The van der Waals surface area contributed by atoms with Crippen molar-refractivity contribution in [3.8, 4) is 28.1 Å². The van der Waals surface area contributed by atoms with E-state index in [1.54, 1.807) is 30.1 Å². The Morgan fingerprint density at radius 2 is 1.92 bits per heavy atom. The molecule has 0 radical (unpaired) electrons. The van der Waals surface area contributed by atoms with Crippen LogP contribution in [-0.4, -0.2) is 36.0 Å². The maximum Gasteiger partial charge on any atom is 0.248 e. The van der Waals surface area contributed by atoms with Gasteiger partial charge in [0.2, 0.25) is 5.91 Å². The number of primary amides is 1. The Labute approximate surface area is 152 Å². The minimum Gasteiger partial charge on any atom is -0.490 e. The van der Waals surface area contributed by atoms with Crippen molar-refractivity contribution in [2.24, 2.45) is 12.8 Å². The lowest BCUT2D eigenvalue weighted by atomic mass is 9.99. The van der Waals surface area contributed by atoms with Gasteiger partial charge >= 0.3 is 0 Å². The smallest absolute Gasteiger partial charge is 0.248 e. The second-order valence-electron chi connectivity index (χ2n) is 5.84. The van der Waals surface area contributed by atoms with Crippen molar-refractivity contribution < 1.29 is 14.3 Å². The molecule has 6 nitrogen and oxygen atoms in total. The van der Waals surface area contributed by atoms with Crippen molar-refractivity contribution in [1.29, 1.82) is 0 Å². The fraction of sp³-hybridized carbons (Fsp3) is 0.200. The molecule has 0 bridgehead atoms. The zero-order valence-electron chi connectivity index (χ0n) is 14.8. The van der Waals surface area contributed by atoms with Crippen LogP contribution in [0.5, 0.6) is 5.75 Å². The summed E-state index contributed by atoms with van der Waals surface area (Å²) < 4.78 is 12.7. The number of hydrogen-bond acceptors (Lipinski definition) is 4. The van der Waals surface area contributed by atoms with Crippen molar-refractivity contribution in [2.45, 2.75) is 0 Å². The third kappa shape index (κ3) is 3.75. The summed E-state index contributed by atoms with van der Waals surface area (Å²) in [5.74, 6) is 0.304. The van der Waals surface area contributed by atoms with Crippen molar-refractivity contribution in [3.05, 3.63) is 60.3 Å². The van der Waals surface area contributed by atoms with E-state index in [0.717, 1.165) is 28.1 Å². The third-order valence-corrected chi connectivity index (χ3v) is 4.10. The van der Waals surface area contributed by atoms with Crippen molar-refractivity contribution in [2.75, 3.05) is 20.3 Å². The highest BCUT2D eigenvalue weighted by atomic mass is 16.5. The fourth-order valence-corrected chi connectivity index (χ4v) is 2.76. The second-order valence-corrected chi connectivity index (χ2v) is 5.84. The number of methoxy groups -OCH3 is 1. The second kappa shape index (κ2) is 7.84. The van der Waals surface area contributed by atoms with Gasteiger partial charge in [-0.3, -0.25) is 9.48 Å². The molecule has 134 valence electrons. The molecule has 6 heteroatoms. The minimum atomic E-state index is -0.446. The van der Waals surface area contributed by atoms with Gasteiger partial charge in [-0.1, -0.05) is 18.2 Å². The highest BCUT2D eigenvalue weighted by Crippen LogP contribution is 2.34. The number of nitrogens with zero attached hydrogens (tertiary/aromatic N) is 2. The molecule has 26 heavy (non-hydrogen) atoms. The first kappa shape index (κ1) is 17.7. The van der Waals surface area contributed by atoms with Gasteiger partial charge in [0.15, 0.2) is 0 Å². The van der Waals surface area contributed by atoms with Crippen LogP contribution in [0.4, 0.5) is 0 Å². The first-order valence-corrected chi connectivity index (χ1v) is 8.24. The molecule has 0 saturated carbocycles. The Kier molecular flexibility index (Phi) is 5.34. The van der Waals surface area contributed by atoms with Gasteiger partial charge in [0.25, 0.3) is 0 Å². The van der Waals surface area contributed by atoms with Gasteiger partial charge in [0, 0.05) is 31.5 Å². The number of carbonyl (C=O) groups excluding carboxylic acids is 1. The normalized spacial score (nSPS) is 10.7. The van der Waals surface area contributed by atoms with E-state index in [-0.39, 0.29) is 0 Å². The Hall–Kier alpha value is -3.12. The molecule has 0 aliphatic heterocycles. The summed E-state index contributed by atoms with van der Waals surface area (Å²) in [5, 5.41) is 4.25. The van der Waals surface area contributed by atoms with E-state index in [2.05, 4.69) is 5.10 Å². The molecule has 0 aliphatic carbocycles. The predicted octanol–water partition coefficient (Wildman–Crippen LogP) is 2.88. The molecular weight excluding hydrogens is 330 g/mol. The van der Waals surface area contributed by atoms with Crippen molar-refractivity contribution >= 4 is 5.91 Å². The largest absolute Gasteiger partial charge is 0.490 e. The standard InChI is InChI=1S/C20H21N3O3/c1-23-18(8-9-22-23)17-13-15(6-7-19(17)26-11-10-25-2)14-4-3-5-16(12-14)20(21)24/h3-9,12-13H,10-11H2,1-2H3,(H2,21,24). The Balaban J connectivity index is 2.04. The van der Waals surface area contributed by atoms with Crippen LogP contribution in [-0.2, 0) is 11.8 Å². The van der Waals surface area contributed by atoms with Crippen LogP contribution < -0.4 is 10.5 Å². The molecule has 0 atom stereocenters. The summed E-state index contributed by atoms with van der Waals surface area (Å²) in [6.07, 6.45) is 1.74. The molecule has 0 fully saturated rings. The quantitative estimate of drug-likeness (QED) is 0.664. The minimum absolute atomic E-state index is 0.446. The van der Waals surface area contributed by atoms with Crippen molar-refractivity contribution in [3.63, 3.8) is 0 Å². The Morgan fingerprint density at radius 3 is 2.62 bits per heavy atom. The number of aryl methyl sites for hydroxylation is 1. The molecule has 2 N–H and O–H groups in total. The molecule has 0 unspecified atom stereocenters. The van der Waals surface area contributed by atoms with Gasteiger partial charge in [0.1, 0.15) is 12.4 Å². The summed E-state index contributed by atoms with van der Waals surface area (Å²) in [6.45, 7) is 0.963. The molecule has 1 heterocycles. The van der Waals surface area contributed by atoms with Crippen LogP contribution >= 0.6 is 0 Å².